The molecule has 0 saturated carbocycles. The van der Waals surface area contributed by atoms with E-state index in [1.165, 1.54) is 6.39 Å². The number of benzene rings is 1. The molecule has 1 aliphatic rings. The third kappa shape index (κ3) is 4.27. The number of amides is 2. The molecule has 1 atom stereocenters. The number of rotatable bonds is 6. The third-order valence-electron chi connectivity index (χ3n) is 5.39. The number of aryl methyl sites for hydroxylation is 2. The van der Waals surface area contributed by atoms with Crippen LogP contribution in [-0.2, 0) is 22.6 Å². The van der Waals surface area contributed by atoms with E-state index in [1.807, 2.05) is 32.0 Å². The van der Waals surface area contributed by atoms with Crippen molar-refractivity contribution in [3.05, 3.63) is 59.4 Å². The van der Waals surface area contributed by atoms with Gasteiger partial charge >= 0.3 is 0 Å². The molecule has 0 aliphatic carbocycles. The summed E-state index contributed by atoms with van der Waals surface area (Å²) in [7, 11) is 0. The van der Waals surface area contributed by atoms with Gasteiger partial charge in [-0.3, -0.25) is 9.59 Å². The molecule has 1 fully saturated rings. The maximum Gasteiger partial charge on any atom is 0.243 e. The second-order valence-electron chi connectivity index (χ2n) is 7.58. The molecule has 156 valence electrons. The topological polar surface area (TPSA) is 101 Å². The fourth-order valence-corrected chi connectivity index (χ4v) is 3.79. The molecule has 3 heterocycles. The summed E-state index contributed by atoms with van der Waals surface area (Å²) in [5.41, 5.74) is 3.73. The van der Waals surface area contributed by atoms with Gasteiger partial charge in [0.05, 0.1) is 18.3 Å². The Labute approximate surface area is 174 Å². The van der Waals surface area contributed by atoms with Gasteiger partial charge in [0, 0.05) is 24.7 Å². The van der Waals surface area contributed by atoms with E-state index >= 15 is 0 Å². The van der Waals surface area contributed by atoms with Gasteiger partial charge in [0.1, 0.15) is 11.8 Å². The highest BCUT2D eigenvalue weighted by Gasteiger charge is 2.34. The van der Waals surface area contributed by atoms with Gasteiger partial charge in [-0.1, -0.05) is 17.3 Å². The molecule has 8 heteroatoms. The summed E-state index contributed by atoms with van der Waals surface area (Å²) in [6.07, 6.45) is 4.66. The van der Waals surface area contributed by atoms with Crippen LogP contribution in [0.15, 0.2) is 45.8 Å². The molecule has 1 unspecified atom stereocenters. The van der Waals surface area contributed by atoms with Gasteiger partial charge in [-0.25, -0.2) is 4.98 Å². The average molecular weight is 408 g/mol. The van der Waals surface area contributed by atoms with Crippen LogP contribution in [0.5, 0.6) is 0 Å². The van der Waals surface area contributed by atoms with Gasteiger partial charge < -0.3 is 19.2 Å². The van der Waals surface area contributed by atoms with Crippen molar-refractivity contribution in [3.8, 4) is 11.3 Å². The summed E-state index contributed by atoms with van der Waals surface area (Å²) in [6, 6.07) is 7.22. The van der Waals surface area contributed by atoms with Crippen molar-refractivity contribution in [2.45, 2.75) is 45.7 Å². The Morgan fingerprint density at radius 3 is 2.83 bits per heavy atom. The first-order valence-electron chi connectivity index (χ1n) is 9.99. The zero-order chi connectivity index (χ0) is 21.1. The highest BCUT2D eigenvalue weighted by molar-refractivity contribution is 5.88. The van der Waals surface area contributed by atoms with E-state index in [0.29, 0.717) is 31.0 Å². The summed E-state index contributed by atoms with van der Waals surface area (Å²) in [5, 5.41) is 6.79. The van der Waals surface area contributed by atoms with E-state index in [1.54, 1.807) is 17.2 Å². The van der Waals surface area contributed by atoms with Crippen LogP contribution < -0.4 is 5.32 Å². The molecule has 1 aliphatic heterocycles. The summed E-state index contributed by atoms with van der Waals surface area (Å²) in [4.78, 5) is 31.0. The van der Waals surface area contributed by atoms with Gasteiger partial charge in [0.15, 0.2) is 12.2 Å². The first-order chi connectivity index (χ1) is 14.5. The Bertz CT molecular complexity index is 1040. The number of hydrogen-bond donors (Lipinski definition) is 1. The van der Waals surface area contributed by atoms with Crippen molar-refractivity contribution in [1.82, 2.24) is 20.4 Å². The van der Waals surface area contributed by atoms with Crippen molar-refractivity contribution >= 4 is 11.8 Å². The SMILES string of the molecule is Cc1cc(CC(=O)N2CCCC2C(=O)NCc2ccc(-c3cnco3)cc2C)on1. The van der Waals surface area contributed by atoms with Crippen LogP contribution in [0.2, 0.25) is 0 Å². The molecule has 4 rings (SSSR count). The molecule has 1 N–H and O–H groups in total. The number of oxazole rings is 1. The quantitative estimate of drug-likeness (QED) is 0.673. The van der Waals surface area contributed by atoms with Crippen molar-refractivity contribution in [3.63, 3.8) is 0 Å². The largest absolute Gasteiger partial charge is 0.444 e. The number of carbonyl (C=O) groups is 2. The van der Waals surface area contributed by atoms with Crippen LogP contribution in [-0.4, -0.2) is 39.4 Å². The average Bonchev–Trinajstić information content (AvgIpc) is 3.48. The van der Waals surface area contributed by atoms with Crippen molar-refractivity contribution in [2.75, 3.05) is 6.54 Å². The molecule has 2 aromatic heterocycles. The summed E-state index contributed by atoms with van der Waals surface area (Å²) >= 11 is 0. The Kier molecular flexibility index (Phi) is 5.65. The van der Waals surface area contributed by atoms with Crippen molar-refractivity contribution < 1.29 is 18.5 Å². The molecule has 0 bridgehead atoms. The second-order valence-corrected chi connectivity index (χ2v) is 7.58. The molecular weight excluding hydrogens is 384 g/mol. The molecule has 1 aromatic carbocycles. The molecule has 1 saturated heterocycles. The van der Waals surface area contributed by atoms with Crippen LogP contribution in [0.1, 0.15) is 35.4 Å². The van der Waals surface area contributed by atoms with E-state index in [2.05, 4.69) is 15.5 Å². The van der Waals surface area contributed by atoms with Crippen LogP contribution in [0, 0.1) is 13.8 Å². The van der Waals surface area contributed by atoms with E-state index in [-0.39, 0.29) is 18.2 Å². The Morgan fingerprint density at radius 2 is 2.13 bits per heavy atom. The number of likely N-dealkylation sites (tertiary alicyclic amines) is 1. The monoisotopic (exact) mass is 408 g/mol. The number of hydrogen-bond acceptors (Lipinski definition) is 6. The second kappa shape index (κ2) is 8.52. The molecule has 30 heavy (non-hydrogen) atoms. The lowest BCUT2D eigenvalue weighted by Crippen LogP contribution is -2.46. The summed E-state index contributed by atoms with van der Waals surface area (Å²) < 4.78 is 10.5. The van der Waals surface area contributed by atoms with Crippen LogP contribution in [0.25, 0.3) is 11.3 Å². The molecule has 2 amide bonds. The number of carbonyl (C=O) groups excluding carboxylic acids is 2. The minimum Gasteiger partial charge on any atom is -0.444 e. The maximum atomic E-state index is 12.8. The predicted molar refractivity (Wildman–Crippen MR) is 108 cm³/mol. The van der Waals surface area contributed by atoms with Crippen LogP contribution in [0.4, 0.5) is 0 Å². The Hall–Kier alpha value is -3.42. The minimum atomic E-state index is -0.449. The zero-order valence-corrected chi connectivity index (χ0v) is 17.1. The van der Waals surface area contributed by atoms with E-state index in [9.17, 15) is 9.59 Å². The molecule has 0 radical (unpaired) electrons. The number of aromatic nitrogens is 2. The summed E-state index contributed by atoms with van der Waals surface area (Å²) in [6.45, 7) is 4.78. The van der Waals surface area contributed by atoms with Gasteiger partial charge in [0.2, 0.25) is 11.8 Å². The molecule has 3 aromatic rings. The van der Waals surface area contributed by atoms with E-state index in [4.69, 9.17) is 8.94 Å². The molecule has 8 nitrogen and oxygen atoms in total. The minimum absolute atomic E-state index is 0.114. The molecule has 0 spiro atoms. The van der Waals surface area contributed by atoms with E-state index in [0.717, 1.165) is 28.8 Å². The van der Waals surface area contributed by atoms with Gasteiger partial charge in [0.25, 0.3) is 0 Å². The third-order valence-corrected chi connectivity index (χ3v) is 5.39. The lowest BCUT2D eigenvalue weighted by Gasteiger charge is -2.23. The Morgan fingerprint density at radius 1 is 1.27 bits per heavy atom. The fourth-order valence-electron chi connectivity index (χ4n) is 3.79. The first kappa shape index (κ1) is 19.9. The smallest absolute Gasteiger partial charge is 0.243 e. The number of nitrogens with zero attached hydrogens (tertiary/aromatic N) is 3. The highest BCUT2D eigenvalue weighted by atomic mass is 16.5. The number of nitrogens with one attached hydrogen (secondary N) is 1. The van der Waals surface area contributed by atoms with Crippen molar-refractivity contribution in [1.29, 1.82) is 0 Å². The van der Waals surface area contributed by atoms with Gasteiger partial charge in [-0.2, -0.15) is 0 Å². The summed E-state index contributed by atoms with van der Waals surface area (Å²) in [5.74, 6) is 0.978. The van der Waals surface area contributed by atoms with Gasteiger partial charge in [-0.05, 0) is 43.9 Å². The molecular formula is C22H24N4O4. The predicted octanol–water partition coefficient (Wildman–Crippen LogP) is 2.80. The normalized spacial score (nSPS) is 16.1. The van der Waals surface area contributed by atoms with Crippen molar-refractivity contribution in [2.24, 2.45) is 0 Å². The standard InChI is InChI=1S/C22H24N4O4/c1-14-8-16(20-12-23-13-29-20)5-6-17(14)11-24-22(28)19-4-3-7-26(19)21(27)10-18-9-15(2)25-30-18/h5-6,8-9,12-13,19H,3-4,7,10-11H2,1-2H3,(H,24,28). The van der Waals surface area contributed by atoms with Crippen LogP contribution >= 0.6 is 0 Å². The zero-order valence-electron chi connectivity index (χ0n) is 17.1. The van der Waals surface area contributed by atoms with Crippen LogP contribution in [0.3, 0.4) is 0 Å². The lowest BCUT2D eigenvalue weighted by atomic mass is 10.0. The highest BCUT2D eigenvalue weighted by Crippen LogP contribution is 2.23. The Balaban J connectivity index is 1.36. The lowest BCUT2D eigenvalue weighted by molar-refractivity contribution is -0.138. The van der Waals surface area contributed by atoms with E-state index < -0.39 is 6.04 Å². The maximum absolute atomic E-state index is 12.8. The first-order valence-corrected chi connectivity index (χ1v) is 9.99. The fraction of sp³-hybridized carbons (Fsp3) is 0.364. The van der Waals surface area contributed by atoms with Gasteiger partial charge in [-0.15, -0.1) is 0 Å².